The monoisotopic (exact) mass is 239 g/mol. The van der Waals surface area contributed by atoms with E-state index in [1.165, 1.54) is 0 Å². The summed E-state index contributed by atoms with van der Waals surface area (Å²) in [4.78, 5) is 12.6. The van der Waals surface area contributed by atoms with Crippen molar-refractivity contribution in [3.05, 3.63) is 18.0 Å². The van der Waals surface area contributed by atoms with E-state index in [1.807, 2.05) is 28.9 Å². The van der Waals surface area contributed by atoms with Crippen LogP contribution in [0.1, 0.15) is 38.8 Å². The van der Waals surface area contributed by atoms with E-state index in [1.54, 1.807) is 0 Å². The van der Waals surface area contributed by atoms with E-state index in [-0.39, 0.29) is 6.54 Å². The first-order chi connectivity index (χ1) is 8.02. The van der Waals surface area contributed by atoms with Gasteiger partial charge in [-0.2, -0.15) is 5.10 Å². The molecule has 5 heteroatoms. The molecule has 1 heterocycles. The molecule has 0 aromatic carbocycles. The zero-order chi connectivity index (χ0) is 12.8. The van der Waals surface area contributed by atoms with Crippen LogP contribution in [0.3, 0.4) is 0 Å². The van der Waals surface area contributed by atoms with Crippen LogP contribution in [-0.2, 0) is 11.3 Å². The minimum absolute atomic E-state index is 0.0840. The van der Waals surface area contributed by atoms with Gasteiger partial charge in [0, 0.05) is 24.3 Å². The van der Waals surface area contributed by atoms with Crippen LogP contribution >= 0.6 is 0 Å². The highest BCUT2D eigenvalue weighted by molar-refractivity contribution is 5.69. The van der Waals surface area contributed by atoms with Crippen molar-refractivity contribution in [3.63, 3.8) is 0 Å². The van der Waals surface area contributed by atoms with E-state index in [0.29, 0.717) is 12.6 Å². The molecule has 0 aliphatic rings. The Bertz CT molecular complexity index is 360. The van der Waals surface area contributed by atoms with Crippen molar-refractivity contribution in [2.24, 2.45) is 0 Å². The van der Waals surface area contributed by atoms with Gasteiger partial charge >= 0.3 is 5.97 Å². The highest BCUT2D eigenvalue weighted by Gasteiger charge is 2.11. The number of aromatic nitrogens is 2. The van der Waals surface area contributed by atoms with Crippen molar-refractivity contribution < 1.29 is 9.90 Å². The first-order valence-corrected chi connectivity index (χ1v) is 6.00. The van der Waals surface area contributed by atoms with Gasteiger partial charge in [0.25, 0.3) is 0 Å². The molecule has 0 unspecified atom stereocenters. The lowest BCUT2D eigenvalue weighted by atomic mass is 10.3. The summed E-state index contributed by atoms with van der Waals surface area (Å²) in [5, 5.41) is 13.1. The topological polar surface area (TPSA) is 58.4 Å². The fourth-order valence-corrected chi connectivity index (χ4v) is 1.72. The van der Waals surface area contributed by atoms with Crippen molar-refractivity contribution in [1.82, 2.24) is 14.7 Å². The lowest BCUT2D eigenvalue weighted by Gasteiger charge is -2.18. The molecule has 0 saturated heterocycles. The molecule has 0 radical (unpaired) electrons. The van der Waals surface area contributed by atoms with Crippen molar-refractivity contribution in [2.75, 3.05) is 13.1 Å². The number of carboxylic acid groups (broad SMARTS) is 1. The fourth-order valence-electron chi connectivity index (χ4n) is 1.72. The molecule has 0 bridgehead atoms. The summed E-state index contributed by atoms with van der Waals surface area (Å²) in [6, 6.07) is 0.336. The van der Waals surface area contributed by atoms with Gasteiger partial charge < -0.3 is 5.11 Å². The normalized spacial score (nSPS) is 11.4. The lowest BCUT2D eigenvalue weighted by Crippen LogP contribution is -2.29. The molecule has 5 nitrogen and oxygen atoms in total. The minimum atomic E-state index is -0.783. The van der Waals surface area contributed by atoms with E-state index in [9.17, 15) is 4.79 Å². The van der Waals surface area contributed by atoms with Gasteiger partial charge in [0.15, 0.2) is 0 Å². The average Bonchev–Trinajstić information content (AvgIpc) is 2.65. The van der Waals surface area contributed by atoms with Crippen LogP contribution in [0, 0.1) is 0 Å². The van der Waals surface area contributed by atoms with E-state index >= 15 is 0 Å². The maximum atomic E-state index is 10.7. The summed E-state index contributed by atoms with van der Waals surface area (Å²) >= 11 is 0. The molecular weight excluding hydrogens is 218 g/mol. The summed E-state index contributed by atoms with van der Waals surface area (Å²) in [6.07, 6.45) is 4.74. The third kappa shape index (κ3) is 4.56. The highest BCUT2D eigenvalue weighted by atomic mass is 16.4. The number of hydrogen-bond acceptors (Lipinski definition) is 3. The minimum Gasteiger partial charge on any atom is -0.480 e. The molecule has 0 atom stereocenters. The third-order valence-electron chi connectivity index (χ3n) is 2.49. The van der Waals surface area contributed by atoms with E-state index in [4.69, 9.17) is 5.11 Å². The van der Waals surface area contributed by atoms with Gasteiger partial charge in [0.05, 0.1) is 12.7 Å². The highest BCUT2D eigenvalue weighted by Crippen LogP contribution is 2.08. The number of nitrogens with zero attached hydrogens (tertiary/aromatic N) is 3. The zero-order valence-corrected chi connectivity index (χ0v) is 10.8. The van der Waals surface area contributed by atoms with Crippen LogP contribution in [0.4, 0.5) is 0 Å². The first kappa shape index (κ1) is 13.7. The van der Waals surface area contributed by atoms with Gasteiger partial charge in [0.1, 0.15) is 0 Å². The molecular formula is C12H21N3O2. The van der Waals surface area contributed by atoms with Crippen molar-refractivity contribution >= 4 is 5.97 Å². The van der Waals surface area contributed by atoms with Crippen LogP contribution in [-0.4, -0.2) is 38.8 Å². The smallest absolute Gasteiger partial charge is 0.317 e. The molecule has 0 spiro atoms. The van der Waals surface area contributed by atoms with Gasteiger partial charge in [-0.25, -0.2) is 0 Å². The standard InChI is InChI=1S/C12H21N3O2/c1-4-5-14(9-12(16)17)7-11-6-13-15(8-11)10(2)3/h6,8,10H,4-5,7,9H2,1-3H3,(H,16,17). The third-order valence-corrected chi connectivity index (χ3v) is 2.49. The molecule has 0 fully saturated rings. The summed E-state index contributed by atoms with van der Waals surface area (Å²) in [5.41, 5.74) is 1.06. The van der Waals surface area contributed by atoms with Gasteiger partial charge in [-0.05, 0) is 26.8 Å². The van der Waals surface area contributed by atoms with E-state index in [2.05, 4.69) is 18.9 Å². The Kier molecular flexibility index (Phi) is 5.15. The molecule has 96 valence electrons. The second-order valence-electron chi connectivity index (χ2n) is 4.53. The zero-order valence-electron chi connectivity index (χ0n) is 10.8. The number of carboxylic acids is 1. The Hall–Kier alpha value is -1.36. The second-order valence-corrected chi connectivity index (χ2v) is 4.53. The fraction of sp³-hybridized carbons (Fsp3) is 0.667. The maximum Gasteiger partial charge on any atom is 0.317 e. The number of rotatable bonds is 7. The Morgan fingerprint density at radius 1 is 1.59 bits per heavy atom. The number of hydrogen-bond donors (Lipinski definition) is 1. The van der Waals surface area contributed by atoms with Crippen LogP contribution in [0.2, 0.25) is 0 Å². The summed E-state index contributed by atoms with van der Waals surface area (Å²) < 4.78 is 1.89. The van der Waals surface area contributed by atoms with E-state index < -0.39 is 5.97 Å². The molecule has 1 aromatic rings. The van der Waals surface area contributed by atoms with Crippen molar-refractivity contribution in [1.29, 1.82) is 0 Å². The Labute approximate surface area is 102 Å². The predicted molar refractivity (Wildman–Crippen MR) is 65.8 cm³/mol. The SMILES string of the molecule is CCCN(CC(=O)O)Cc1cnn(C(C)C)c1. The molecule has 0 aliphatic heterocycles. The molecule has 1 aromatic heterocycles. The summed E-state index contributed by atoms with van der Waals surface area (Å²) in [5.74, 6) is -0.783. The average molecular weight is 239 g/mol. The predicted octanol–water partition coefficient (Wildman–Crippen LogP) is 1.76. The number of aliphatic carboxylic acids is 1. The van der Waals surface area contributed by atoms with Gasteiger partial charge in [0.2, 0.25) is 0 Å². The lowest BCUT2D eigenvalue weighted by molar-refractivity contribution is -0.138. The van der Waals surface area contributed by atoms with Crippen molar-refractivity contribution in [3.8, 4) is 0 Å². The van der Waals surface area contributed by atoms with Crippen LogP contribution < -0.4 is 0 Å². The molecule has 0 aliphatic carbocycles. The van der Waals surface area contributed by atoms with Crippen LogP contribution in [0.15, 0.2) is 12.4 Å². The van der Waals surface area contributed by atoms with Crippen LogP contribution in [0.25, 0.3) is 0 Å². The van der Waals surface area contributed by atoms with Gasteiger partial charge in [-0.3, -0.25) is 14.4 Å². The Morgan fingerprint density at radius 2 is 2.29 bits per heavy atom. The van der Waals surface area contributed by atoms with E-state index in [0.717, 1.165) is 18.5 Å². The largest absolute Gasteiger partial charge is 0.480 e. The quantitative estimate of drug-likeness (QED) is 0.787. The molecule has 1 N–H and O–H groups in total. The molecule has 0 saturated carbocycles. The molecule has 17 heavy (non-hydrogen) atoms. The number of carbonyl (C=O) groups is 1. The van der Waals surface area contributed by atoms with Crippen molar-refractivity contribution in [2.45, 2.75) is 39.8 Å². The Morgan fingerprint density at radius 3 is 2.76 bits per heavy atom. The summed E-state index contributed by atoms with van der Waals surface area (Å²) in [6.45, 7) is 7.70. The van der Waals surface area contributed by atoms with Crippen LogP contribution in [0.5, 0.6) is 0 Å². The Balaban J connectivity index is 2.61. The van der Waals surface area contributed by atoms with Gasteiger partial charge in [-0.15, -0.1) is 0 Å². The maximum absolute atomic E-state index is 10.7. The summed E-state index contributed by atoms with van der Waals surface area (Å²) in [7, 11) is 0. The molecule has 0 amide bonds. The molecule has 1 rings (SSSR count). The second kappa shape index (κ2) is 6.39. The van der Waals surface area contributed by atoms with Gasteiger partial charge in [-0.1, -0.05) is 6.92 Å². The first-order valence-electron chi connectivity index (χ1n) is 6.00.